The van der Waals surface area contributed by atoms with Gasteiger partial charge in [0.15, 0.2) is 0 Å². The van der Waals surface area contributed by atoms with Crippen molar-refractivity contribution in [2.75, 3.05) is 45.2 Å². The predicted octanol–water partition coefficient (Wildman–Crippen LogP) is 2.99. The number of aryl methyl sites for hydroxylation is 1. The van der Waals surface area contributed by atoms with Crippen LogP contribution in [0.25, 0.3) is 0 Å². The van der Waals surface area contributed by atoms with Crippen LogP contribution in [0.1, 0.15) is 44.1 Å². The molecular weight excluding hydrogens is 370 g/mol. The monoisotopic (exact) mass is 403 g/mol. The van der Waals surface area contributed by atoms with E-state index in [1.165, 1.54) is 0 Å². The van der Waals surface area contributed by atoms with E-state index in [-0.39, 0.29) is 11.8 Å². The first kappa shape index (κ1) is 21.6. The van der Waals surface area contributed by atoms with Gasteiger partial charge in [-0.2, -0.15) is 5.06 Å². The summed E-state index contributed by atoms with van der Waals surface area (Å²) in [5.41, 5.74) is 1.80. The molecule has 0 spiro atoms. The van der Waals surface area contributed by atoms with Crippen LogP contribution in [0.5, 0.6) is 5.75 Å². The average molecular weight is 404 g/mol. The van der Waals surface area contributed by atoms with Gasteiger partial charge in [-0.05, 0) is 62.3 Å². The molecule has 29 heavy (non-hydrogen) atoms. The maximum absolute atomic E-state index is 12.5. The molecule has 2 aliphatic rings. The van der Waals surface area contributed by atoms with Gasteiger partial charge in [-0.25, -0.2) is 0 Å². The number of hydrogen-bond acceptors (Lipinski definition) is 5. The molecule has 1 N–H and O–H groups in total. The number of ether oxygens (including phenoxy) is 1. The minimum Gasteiger partial charge on any atom is -0.497 e. The van der Waals surface area contributed by atoms with Crippen LogP contribution >= 0.6 is 0 Å². The van der Waals surface area contributed by atoms with Crippen LogP contribution < -0.4 is 10.1 Å². The van der Waals surface area contributed by atoms with Crippen LogP contribution in [-0.2, 0) is 14.4 Å². The Kier molecular flexibility index (Phi) is 7.89. The molecule has 0 aliphatic carbocycles. The number of anilines is 1. The summed E-state index contributed by atoms with van der Waals surface area (Å²) in [7, 11) is 1.63. The smallest absolute Gasteiger partial charge is 0.224 e. The molecule has 7 nitrogen and oxygen atoms in total. The summed E-state index contributed by atoms with van der Waals surface area (Å²) in [6.07, 6.45) is 4.91. The van der Waals surface area contributed by atoms with Crippen molar-refractivity contribution in [2.24, 2.45) is 5.92 Å². The van der Waals surface area contributed by atoms with Crippen molar-refractivity contribution in [3.8, 4) is 5.75 Å². The SMILES string of the molecule is COc1ccc(NC(=O)CC[C@H]2CCCN(C(=O)CCN3CCCO3)C2)c(C)c1. The van der Waals surface area contributed by atoms with Crippen molar-refractivity contribution in [3.63, 3.8) is 0 Å². The zero-order valence-electron chi connectivity index (χ0n) is 17.6. The largest absolute Gasteiger partial charge is 0.497 e. The number of carbonyl (C=O) groups is 2. The Labute approximate surface area is 173 Å². The molecule has 2 aliphatic heterocycles. The first-order chi connectivity index (χ1) is 14.0. The predicted molar refractivity (Wildman–Crippen MR) is 112 cm³/mol. The van der Waals surface area contributed by atoms with E-state index in [2.05, 4.69) is 5.32 Å². The zero-order chi connectivity index (χ0) is 20.6. The Bertz CT molecular complexity index is 703. The third-order valence-corrected chi connectivity index (χ3v) is 5.76. The number of nitrogens with one attached hydrogen (secondary N) is 1. The number of hydrogen-bond donors (Lipinski definition) is 1. The molecule has 0 bridgehead atoms. The molecule has 2 heterocycles. The third-order valence-electron chi connectivity index (χ3n) is 5.76. The lowest BCUT2D eigenvalue weighted by atomic mass is 9.93. The highest BCUT2D eigenvalue weighted by Gasteiger charge is 2.25. The van der Waals surface area contributed by atoms with Crippen LogP contribution in [0.3, 0.4) is 0 Å². The Morgan fingerprint density at radius 2 is 2.10 bits per heavy atom. The van der Waals surface area contributed by atoms with Gasteiger partial charge < -0.3 is 15.0 Å². The summed E-state index contributed by atoms with van der Waals surface area (Å²) in [5.74, 6) is 1.39. The minimum absolute atomic E-state index is 0.0212. The van der Waals surface area contributed by atoms with Gasteiger partial charge in [0, 0.05) is 44.7 Å². The van der Waals surface area contributed by atoms with E-state index < -0.39 is 0 Å². The maximum atomic E-state index is 12.5. The molecule has 0 saturated carbocycles. The molecule has 1 atom stereocenters. The van der Waals surface area contributed by atoms with E-state index in [0.29, 0.717) is 25.3 Å². The van der Waals surface area contributed by atoms with Gasteiger partial charge in [0.05, 0.1) is 13.7 Å². The number of nitrogens with zero attached hydrogens (tertiary/aromatic N) is 2. The maximum Gasteiger partial charge on any atom is 0.224 e. The van der Waals surface area contributed by atoms with Crippen molar-refractivity contribution < 1.29 is 19.2 Å². The number of rotatable bonds is 8. The van der Waals surface area contributed by atoms with Crippen LogP contribution in [0, 0.1) is 12.8 Å². The van der Waals surface area contributed by atoms with Crippen LogP contribution in [-0.4, -0.2) is 61.7 Å². The highest BCUT2D eigenvalue weighted by atomic mass is 16.7. The fourth-order valence-corrected chi connectivity index (χ4v) is 4.03. The summed E-state index contributed by atoms with van der Waals surface area (Å²) in [4.78, 5) is 32.3. The van der Waals surface area contributed by atoms with Gasteiger partial charge in [0.2, 0.25) is 11.8 Å². The Morgan fingerprint density at radius 3 is 2.83 bits per heavy atom. The summed E-state index contributed by atoms with van der Waals surface area (Å²) >= 11 is 0. The molecule has 2 fully saturated rings. The molecule has 2 saturated heterocycles. The van der Waals surface area contributed by atoms with E-state index in [0.717, 1.165) is 68.9 Å². The number of hydroxylamine groups is 2. The van der Waals surface area contributed by atoms with Crippen LogP contribution in [0.15, 0.2) is 18.2 Å². The third kappa shape index (κ3) is 6.44. The Balaban J connectivity index is 1.40. The van der Waals surface area contributed by atoms with Crippen molar-refractivity contribution in [2.45, 2.75) is 45.4 Å². The van der Waals surface area contributed by atoms with Gasteiger partial charge in [0.25, 0.3) is 0 Å². The molecule has 7 heteroatoms. The molecule has 160 valence electrons. The molecule has 1 aromatic rings. The zero-order valence-corrected chi connectivity index (χ0v) is 17.6. The number of piperidine rings is 1. The van der Waals surface area contributed by atoms with Crippen molar-refractivity contribution in [1.29, 1.82) is 0 Å². The summed E-state index contributed by atoms with van der Waals surface area (Å²) in [5, 5.41) is 4.89. The lowest BCUT2D eigenvalue weighted by Gasteiger charge is -2.33. The standard InChI is InChI=1S/C22H33N3O4/c1-17-15-19(28-2)7-8-20(17)23-21(26)9-6-18-5-3-11-24(16-18)22(27)10-13-25-12-4-14-29-25/h7-8,15,18H,3-6,9-14,16H2,1-2H3,(H,23,26)/t18-/m1/s1. The highest BCUT2D eigenvalue weighted by Crippen LogP contribution is 2.24. The topological polar surface area (TPSA) is 71.1 Å². The Hall–Kier alpha value is -2.12. The number of methoxy groups -OCH3 is 1. The molecule has 0 aromatic heterocycles. The second-order valence-corrected chi connectivity index (χ2v) is 7.98. The number of benzene rings is 1. The van der Waals surface area contributed by atoms with E-state index >= 15 is 0 Å². The highest BCUT2D eigenvalue weighted by molar-refractivity contribution is 5.91. The van der Waals surface area contributed by atoms with E-state index in [9.17, 15) is 9.59 Å². The summed E-state index contributed by atoms with van der Waals surface area (Å²) in [6.45, 7) is 5.89. The van der Waals surface area contributed by atoms with Gasteiger partial charge in [0.1, 0.15) is 5.75 Å². The molecule has 2 amide bonds. The second-order valence-electron chi connectivity index (χ2n) is 7.98. The van der Waals surface area contributed by atoms with Gasteiger partial charge in [-0.15, -0.1) is 0 Å². The lowest BCUT2D eigenvalue weighted by molar-refractivity contribution is -0.140. The second kappa shape index (κ2) is 10.6. The Morgan fingerprint density at radius 1 is 1.24 bits per heavy atom. The molecule has 1 aromatic carbocycles. The molecular formula is C22H33N3O4. The van der Waals surface area contributed by atoms with Crippen LogP contribution in [0.4, 0.5) is 5.69 Å². The van der Waals surface area contributed by atoms with Crippen molar-refractivity contribution in [1.82, 2.24) is 9.96 Å². The summed E-state index contributed by atoms with van der Waals surface area (Å²) < 4.78 is 5.20. The van der Waals surface area contributed by atoms with Crippen molar-refractivity contribution >= 4 is 17.5 Å². The average Bonchev–Trinajstić information content (AvgIpc) is 3.26. The van der Waals surface area contributed by atoms with E-state index in [1.54, 1.807) is 7.11 Å². The lowest BCUT2D eigenvalue weighted by Crippen LogP contribution is -2.41. The fraction of sp³-hybridized carbons (Fsp3) is 0.636. The first-order valence-electron chi connectivity index (χ1n) is 10.7. The van der Waals surface area contributed by atoms with Gasteiger partial charge in [-0.3, -0.25) is 14.4 Å². The number of carbonyl (C=O) groups excluding carboxylic acids is 2. The number of likely N-dealkylation sites (tertiary alicyclic amines) is 1. The van der Waals surface area contributed by atoms with E-state index in [1.807, 2.05) is 35.1 Å². The quantitative estimate of drug-likeness (QED) is 0.723. The van der Waals surface area contributed by atoms with Gasteiger partial charge in [-0.1, -0.05) is 0 Å². The molecule has 3 rings (SSSR count). The van der Waals surface area contributed by atoms with Crippen LogP contribution in [0.2, 0.25) is 0 Å². The number of amides is 2. The van der Waals surface area contributed by atoms with Crippen molar-refractivity contribution in [3.05, 3.63) is 23.8 Å². The van der Waals surface area contributed by atoms with E-state index in [4.69, 9.17) is 9.57 Å². The fourth-order valence-electron chi connectivity index (χ4n) is 4.03. The summed E-state index contributed by atoms with van der Waals surface area (Å²) in [6, 6.07) is 5.63. The molecule has 0 radical (unpaired) electrons. The molecule has 0 unspecified atom stereocenters. The first-order valence-corrected chi connectivity index (χ1v) is 10.7. The normalized spacial score (nSPS) is 19.9. The van der Waals surface area contributed by atoms with Gasteiger partial charge >= 0.3 is 0 Å². The minimum atomic E-state index is 0.0212.